The third kappa shape index (κ3) is 14.8. The Morgan fingerprint density at radius 1 is 0.857 bits per heavy atom. The number of urea groups is 1. The molecule has 0 aliphatic carbocycles. The van der Waals surface area contributed by atoms with Crippen LogP contribution in [0.15, 0.2) is 29.2 Å². The summed E-state index contributed by atoms with van der Waals surface area (Å²) >= 11 is 1.29. The number of rotatable bonds is 17. The monoisotopic (exact) mass is 527 g/mol. The van der Waals surface area contributed by atoms with Gasteiger partial charge in [0.1, 0.15) is 0 Å². The van der Waals surface area contributed by atoms with E-state index >= 15 is 0 Å². The molecule has 0 aromatic heterocycles. The second-order valence-electron chi connectivity index (χ2n) is 11.3. The van der Waals surface area contributed by atoms with Gasteiger partial charge in [-0.25, -0.2) is 13.2 Å². The second kappa shape index (κ2) is 15.8. The van der Waals surface area contributed by atoms with Crippen LogP contribution in [0.25, 0.3) is 0 Å². The highest BCUT2D eigenvalue weighted by atomic mass is 32.2. The summed E-state index contributed by atoms with van der Waals surface area (Å²) in [6.07, 6.45) is 14.0. The number of carbonyl (C=O) groups excluding carboxylic acids is 1. The fraction of sp³-hybridized carbons (Fsp3) is 0.741. The number of aryl methyl sites for hydroxylation is 1. The van der Waals surface area contributed by atoms with Gasteiger partial charge < -0.3 is 0 Å². The van der Waals surface area contributed by atoms with Crippen LogP contribution in [-0.4, -0.2) is 19.2 Å². The third-order valence-electron chi connectivity index (χ3n) is 5.74. The fourth-order valence-electron chi connectivity index (χ4n) is 4.47. The minimum atomic E-state index is -3.86. The summed E-state index contributed by atoms with van der Waals surface area (Å²) in [6.45, 7) is 12.8. The molecule has 0 spiro atoms. The Morgan fingerprint density at radius 3 is 1.97 bits per heavy atom. The van der Waals surface area contributed by atoms with Crippen LogP contribution in [0.4, 0.5) is 4.79 Å². The lowest BCUT2D eigenvalue weighted by Crippen LogP contribution is -2.46. The van der Waals surface area contributed by atoms with Crippen LogP contribution in [0.1, 0.15) is 118 Å². The van der Waals surface area contributed by atoms with E-state index in [0.717, 1.165) is 24.8 Å². The lowest BCUT2D eigenvalue weighted by molar-refractivity contribution is 0.244. The van der Waals surface area contributed by atoms with Crippen LogP contribution in [-0.2, 0) is 16.4 Å². The largest absolute Gasteiger partial charge is 0.339 e. The average Bonchev–Trinajstić information content (AvgIpc) is 2.76. The van der Waals surface area contributed by atoms with Crippen molar-refractivity contribution in [2.75, 3.05) is 0 Å². The number of unbranched alkanes of at least 4 members (excludes halogenated alkanes) is 9. The summed E-state index contributed by atoms with van der Waals surface area (Å²) in [5.74, 6) is 0. The molecule has 0 aliphatic rings. The topological polar surface area (TPSA) is 87.3 Å². The predicted molar refractivity (Wildman–Crippen MR) is 150 cm³/mol. The highest BCUT2D eigenvalue weighted by Gasteiger charge is 2.27. The van der Waals surface area contributed by atoms with E-state index in [-0.39, 0.29) is 15.1 Å². The molecule has 0 atom stereocenters. The van der Waals surface area contributed by atoms with Crippen LogP contribution in [0.5, 0.6) is 0 Å². The summed E-state index contributed by atoms with van der Waals surface area (Å²) in [6, 6.07) is 6.43. The summed E-state index contributed by atoms with van der Waals surface area (Å²) in [5, 5.41) is 0. The van der Waals surface area contributed by atoms with Crippen molar-refractivity contribution in [2.24, 2.45) is 5.41 Å². The SMILES string of the molecule is CCCCCCCCCCCCc1ccccc1S(=O)(=O)NNC(=O)NSC(C)(C)CC(C)(C)C. The normalized spacial score (nSPS) is 12.5. The van der Waals surface area contributed by atoms with E-state index in [1.54, 1.807) is 12.1 Å². The number of hydrogen-bond acceptors (Lipinski definition) is 4. The molecule has 202 valence electrons. The molecule has 1 aromatic carbocycles. The molecule has 2 amide bonds. The van der Waals surface area contributed by atoms with Gasteiger partial charge in [-0.3, -0.25) is 10.1 Å². The number of nitrogens with one attached hydrogen (secondary N) is 3. The van der Waals surface area contributed by atoms with Crippen LogP contribution in [0, 0.1) is 5.41 Å². The Morgan fingerprint density at radius 2 is 1.40 bits per heavy atom. The van der Waals surface area contributed by atoms with Gasteiger partial charge in [-0.05, 0) is 62.1 Å². The van der Waals surface area contributed by atoms with E-state index in [1.807, 2.05) is 12.1 Å². The Bertz CT molecular complexity index is 849. The first-order valence-corrected chi connectivity index (χ1v) is 15.5. The maximum absolute atomic E-state index is 12.9. The maximum Gasteiger partial charge on any atom is 0.339 e. The fourth-order valence-corrected chi connectivity index (χ4v) is 6.50. The molecule has 1 rings (SSSR count). The smallest absolute Gasteiger partial charge is 0.280 e. The van der Waals surface area contributed by atoms with Crippen LogP contribution in [0.2, 0.25) is 0 Å². The van der Waals surface area contributed by atoms with Gasteiger partial charge in [0.15, 0.2) is 0 Å². The second-order valence-corrected chi connectivity index (χ2v) is 14.5. The minimum Gasteiger partial charge on any atom is -0.280 e. The van der Waals surface area contributed by atoms with Gasteiger partial charge in [0.2, 0.25) is 0 Å². The molecule has 0 aliphatic heterocycles. The van der Waals surface area contributed by atoms with E-state index < -0.39 is 16.1 Å². The number of sulfonamides is 1. The van der Waals surface area contributed by atoms with Crippen molar-refractivity contribution in [1.29, 1.82) is 0 Å². The molecule has 35 heavy (non-hydrogen) atoms. The van der Waals surface area contributed by atoms with E-state index in [1.165, 1.54) is 63.3 Å². The zero-order chi connectivity index (χ0) is 26.4. The molecule has 0 radical (unpaired) electrons. The van der Waals surface area contributed by atoms with Crippen molar-refractivity contribution in [1.82, 2.24) is 15.0 Å². The number of amides is 2. The van der Waals surface area contributed by atoms with Crippen LogP contribution in [0.3, 0.4) is 0 Å². The van der Waals surface area contributed by atoms with Crippen molar-refractivity contribution in [3.63, 3.8) is 0 Å². The molecular formula is C27H49N3O3S2. The highest BCUT2D eigenvalue weighted by molar-refractivity contribution is 7.99. The summed E-state index contributed by atoms with van der Waals surface area (Å²) in [7, 11) is -3.86. The lowest BCUT2D eigenvalue weighted by Gasteiger charge is -2.31. The standard InChI is InChI=1S/C27H49N3O3S2/c1-7-8-9-10-11-12-13-14-15-16-19-23-20-17-18-21-24(23)35(32,33)30-28-25(31)29-34-27(5,6)22-26(2,3)4/h17-18,20-21,30H,7-16,19,22H2,1-6H3,(H2,28,29,31). The van der Waals surface area contributed by atoms with Crippen molar-refractivity contribution >= 4 is 28.0 Å². The van der Waals surface area contributed by atoms with Crippen molar-refractivity contribution in [3.8, 4) is 0 Å². The lowest BCUT2D eigenvalue weighted by atomic mass is 9.86. The molecular weight excluding hydrogens is 478 g/mol. The van der Waals surface area contributed by atoms with Gasteiger partial charge in [0.25, 0.3) is 10.0 Å². The van der Waals surface area contributed by atoms with Crippen molar-refractivity contribution in [3.05, 3.63) is 29.8 Å². The Hall–Kier alpha value is -1.25. The van der Waals surface area contributed by atoms with Gasteiger partial charge in [-0.15, -0.1) is 4.83 Å². The van der Waals surface area contributed by atoms with E-state index in [9.17, 15) is 13.2 Å². The van der Waals surface area contributed by atoms with Gasteiger partial charge in [0, 0.05) is 4.75 Å². The van der Waals surface area contributed by atoms with Gasteiger partial charge in [0.05, 0.1) is 4.90 Å². The quantitative estimate of drug-likeness (QED) is 0.111. The molecule has 0 unspecified atom stereocenters. The van der Waals surface area contributed by atoms with Gasteiger partial charge in [-0.2, -0.15) is 0 Å². The predicted octanol–water partition coefficient (Wildman–Crippen LogP) is 7.51. The Labute approximate surface area is 219 Å². The number of hydrazine groups is 1. The first-order valence-electron chi connectivity index (χ1n) is 13.2. The van der Waals surface area contributed by atoms with Gasteiger partial charge in [-0.1, -0.05) is 104 Å². The molecule has 6 nitrogen and oxygen atoms in total. The van der Waals surface area contributed by atoms with E-state index in [2.05, 4.69) is 56.5 Å². The summed E-state index contributed by atoms with van der Waals surface area (Å²) in [4.78, 5) is 14.7. The Kier molecular flexibility index (Phi) is 14.3. The average molecular weight is 528 g/mol. The molecule has 0 fully saturated rings. The van der Waals surface area contributed by atoms with Gasteiger partial charge >= 0.3 is 6.03 Å². The van der Waals surface area contributed by atoms with Crippen molar-refractivity contribution in [2.45, 2.75) is 128 Å². The molecule has 1 aromatic rings. The summed E-state index contributed by atoms with van der Waals surface area (Å²) < 4.78 is 28.2. The number of benzene rings is 1. The molecule has 0 saturated carbocycles. The Balaban J connectivity index is 2.46. The molecule has 0 bridgehead atoms. The first-order chi connectivity index (χ1) is 16.4. The zero-order valence-corrected chi connectivity index (χ0v) is 24.5. The van der Waals surface area contributed by atoms with Crippen LogP contribution < -0.4 is 15.0 Å². The van der Waals surface area contributed by atoms with E-state index in [4.69, 9.17) is 0 Å². The third-order valence-corrected chi connectivity index (χ3v) is 8.07. The number of carbonyl (C=O) groups is 1. The van der Waals surface area contributed by atoms with Crippen LogP contribution >= 0.6 is 11.9 Å². The zero-order valence-electron chi connectivity index (χ0n) is 22.8. The molecule has 0 saturated heterocycles. The first kappa shape index (κ1) is 31.8. The summed E-state index contributed by atoms with van der Waals surface area (Å²) in [5.41, 5.74) is 3.18. The number of hydrogen-bond donors (Lipinski definition) is 3. The minimum absolute atomic E-state index is 0.119. The maximum atomic E-state index is 12.9. The highest BCUT2D eigenvalue weighted by Crippen LogP contribution is 2.35. The molecule has 3 N–H and O–H groups in total. The molecule has 0 heterocycles. The molecule has 8 heteroatoms. The van der Waals surface area contributed by atoms with E-state index in [0.29, 0.717) is 6.42 Å². The van der Waals surface area contributed by atoms with Crippen molar-refractivity contribution < 1.29 is 13.2 Å².